The second kappa shape index (κ2) is 8.63. The third kappa shape index (κ3) is 5.22. The van der Waals surface area contributed by atoms with Crippen LogP contribution in [0.4, 0.5) is 4.79 Å². The van der Waals surface area contributed by atoms with Crippen molar-refractivity contribution < 1.29 is 9.53 Å². The molecule has 0 fully saturated rings. The highest BCUT2D eigenvalue weighted by Crippen LogP contribution is 2.29. The Bertz CT molecular complexity index is 489. The van der Waals surface area contributed by atoms with Crippen LogP contribution in [0.2, 0.25) is 0 Å². The summed E-state index contributed by atoms with van der Waals surface area (Å²) in [4.78, 5) is 13.6. The third-order valence-corrected chi connectivity index (χ3v) is 3.84. The van der Waals surface area contributed by atoms with Crippen molar-refractivity contribution in [1.29, 1.82) is 0 Å². The number of hydrogen-bond donors (Lipinski definition) is 2. The number of aryl methyl sites for hydroxylation is 1. The number of amides is 2. The molecule has 2 rings (SSSR count). The van der Waals surface area contributed by atoms with Crippen molar-refractivity contribution in [3.63, 3.8) is 0 Å². The van der Waals surface area contributed by atoms with E-state index in [-0.39, 0.29) is 6.03 Å². The molecule has 2 amide bonds. The molecule has 1 aliphatic rings. The fraction of sp³-hybridized carbons (Fsp3) is 0.588. The van der Waals surface area contributed by atoms with E-state index in [1.165, 1.54) is 24.0 Å². The van der Waals surface area contributed by atoms with Crippen molar-refractivity contribution >= 4 is 6.03 Å². The fourth-order valence-corrected chi connectivity index (χ4v) is 2.66. The minimum Gasteiger partial charge on any atom is -0.491 e. The number of carbonyl (C=O) groups excluding carboxylic acids is 1. The predicted molar refractivity (Wildman–Crippen MR) is 88.5 cm³/mol. The summed E-state index contributed by atoms with van der Waals surface area (Å²) < 4.78 is 5.85. The Kier molecular flexibility index (Phi) is 6.52. The molecule has 122 valence electrons. The van der Waals surface area contributed by atoms with Crippen LogP contribution in [0.15, 0.2) is 18.2 Å². The summed E-state index contributed by atoms with van der Waals surface area (Å²) >= 11 is 0. The van der Waals surface area contributed by atoms with Crippen LogP contribution in [-0.4, -0.2) is 51.3 Å². The zero-order valence-corrected chi connectivity index (χ0v) is 13.7. The molecule has 0 unspecified atom stereocenters. The molecule has 5 nitrogen and oxygen atoms in total. The molecular weight excluding hydrogens is 278 g/mol. The highest BCUT2D eigenvalue weighted by atomic mass is 16.5. The van der Waals surface area contributed by atoms with E-state index in [0.29, 0.717) is 19.7 Å². The molecule has 0 heterocycles. The molecule has 0 spiro atoms. The van der Waals surface area contributed by atoms with Gasteiger partial charge in [-0.3, -0.25) is 0 Å². The minimum absolute atomic E-state index is 0.138. The summed E-state index contributed by atoms with van der Waals surface area (Å²) in [6.07, 6.45) is 4.76. The maximum atomic E-state index is 11.6. The number of urea groups is 1. The van der Waals surface area contributed by atoms with Crippen LogP contribution in [0.25, 0.3) is 0 Å². The first kappa shape index (κ1) is 16.6. The zero-order chi connectivity index (χ0) is 15.8. The lowest BCUT2D eigenvalue weighted by Gasteiger charge is -2.19. The second-order valence-electron chi connectivity index (χ2n) is 5.94. The molecule has 1 aromatic rings. The quantitative estimate of drug-likeness (QED) is 0.755. The van der Waals surface area contributed by atoms with Gasteiger partial charge < -0.3 is 20.3 Å². The first-order valence-corrected chi connectivity index (χ1v) is 8.07. The summed E-state index contributed by atoms with van der Waals surface area (Å²) in [6.45, 7) is 2.49. The summed E-state index contributed by atoms with van der Waals surface area (Å²) in [7, 11) is 3.96. The average molecular weight is 305 g/mol. The van der Waals surface area contributed by atoms with E-state index in [9.17, 15) is 4.79 Å². The van der Waals surface area contributed by atoms with Crippen LogP contribution in [-0.2, 0) is 12.8 Å². The van der Waals surface area contributed by atoms with Gasteiger partial charge in [0.05, 0.1) is 6.54 Å². The van der Waals surface area contributed by atoms with Crippen LogP contribution < -0.4 is 15.4 Å². The van der Waals surface area contributed by atoms with Crippen molar-refractivity contribution in [1.82, 2.24) is 15.5 Å². The van der Waals surface area contributed by atoms with E-state index >= 15 is 0 Å². The Hall–Kier alpha value is -1.75. The molecular formula is C17H27N3O2. The number of likely N-dealkylation sites (N-methyl/N-ethyl adjacent to an activating group) is 1. The monoisotopic (exact) mass is 305 g/mol. The van der Waals surface area contributed by atoms with Gasteiger partial charge in [0.1, 0.15) is 12.4 Å². The van der Waals surface area contributed by atoms with Crippen LogP contribution in [0.3, 0.4) is 0 Å². The standard InChI is InChI=1S/C17H27N3O2/c1-20(2)12-10-18-17(21)19-11-13-22-16-9-5-7-14-6-3-4-8-15(14)16/h5,7,9H,3-4,6,8,10-13H2,1-2H3,(H2,18,19,21). The van der Waals surface area contributed by atoms with E-state index < -0.39 is 0 Å². The molecule has 1 aromatic carbocycles. The van der Waals surface area contributed by atoms with E-state index in [2.05, 4.69) is 22.8 Å². The van der Waals surface area contributed by atoms with E-state index in [4.69, 9.17) is 4.74 Å². The second-order valence-corrected chi connectivity index (χ2v) is 5.94. The molecule has 0 bridgehead atoms. The topological polar surface area (TPSA) is 53.6 Å². The van der Waals surface area contributed by atoms with Gasteiger partial charge in [-0.25, -0.2) is 4.79 Å². The van der Waals surface area contributed by atoms with Crippen molar-refractivity contribution in [2.75, 3.05) is 40.3 Å². The molecule has 22 heavy (non-hydrogen) atoms. The van der Waals surface area contributed by atoms with E-state index in [1.807, 2.05) is 25.1 Å². The Balaban J connectivity index is 1.68. The average Bonchev–Trinajstić information content (AvgIpc) is 2.51. The smallest absolute Gasteiger partial charge is 0.314 e. The normalized spacial score (nSPS) is 13.6. The number of fused-ring (bicyclic) bond motifs is 1. The molecule has 0 aliphatic heterocycles. The lowest BCUT2D eigenvalue weighted by atomic mass is 9.91. The maximum Gasteiger partial charge on any atom is 0.314 e. The molecule has 0 atom stereocenters. The summed E-state index contributed by atoms with van der Waals surface area (Å²) in [6, 6.07) is 6.14. The number of benzene rings is 1. The summed E-state index contributed by atoms with van der Waals surface area (Å²) in [5.41, 5.74) is 2.77. The Morgan fingerprint density at radius 2 is 1.95 bits per heavy atom. The minimum atomic E-state index is -0.138. The van der Waals surface area contributed by atoms with Gasteiger partial charge >= 0.3 is 6.03 Å². The SMILES string of the molecule is CN(C)CCNC(=O)NCCOc1cccc2c1CCCC2. The van der Waals surface area contributed by atoms with Gasteiger partial charge in [0.25, 0.3) is 0 Å². The Morgan fingerprint density at radius 1 is 1.18 bits per heavy atom. The van der Waals surface area contributed by atoms with Gasteiger partial charge in [-0.1, -0.05) is 12.1 Å². The number of ether oxygens (including phenoxy) is 1. The highest BCUT2D eigenvalue weighted by Gasteiger charge is 2.13. The fourth-order valence-electron chi connectivity index (χ4n) is 2.66. The van der Waals surface area contributed by atoms with Gasteiger partial charge in [-0.05, 0) is 57.0 Å². The van der Waals surface area contributed by atoms with Crippen molar-refractivity contribution in [3.05, 3.63) is 29.3 Å². The van der Waals surface area contributed by atoms with Crippen molar-refractivity contribution in [2.24, 2.45) is 0 Å². The van der Waals surface area contributed by atoms with Gasteiger partial charge in [-0.15, -0.1) is 0 Å². The van der Waals surface area contributed by atoms with Crippen molar-refractivity contribution in [3.8, 4) is 5.75 Å². The predicted octanol–water partition coefficient (Wildman–Crippen LogP) is 1.81. The maximum absolute atomic E-state index is 11.6. The molecule has 5 heteroatoms. The highest BCUT2D eigenvalue weighted by molar-refractivity contribution is 5.73. The van der Waals surface area contributed by atoms with E-state index in [1.54, 1.807) is 0 Å². The van der Waals surface area contributed by atoms with Gasteiger partial charge in [0, 0.05) is 13.1 Å². The first-order chi connectivity index (χ1) is 10.7. The van der Waals surface area contributed by atoms with Crippen molar-refractivity contribution in [2.45, 2.75) is 25.7 Å². The van der Waals surface area contributed by atoms with Crippen LogP contribution in [0.1, 0.15) is 24.0 Å². The zero-order valence-electron chi connectivity index (χ0n) is 13.7. The number of nitrogens with zero attached hydrogens (tertiary/aromatic N) is 1. The van der Waals surface area contributed by atoms with Gasteiger partial charge in [0.15, 0.2) is 0 Å². The van der Waals surface area contributed by atoms with Crippen LogP contribution in [0.5, 0.6) is 5.75 Å². The third-order valence-electron chi connectivity index (χ3n) is 3.84. The van der Waals surface area contributed by atoms with Crippen LogP contribution >= 0.6 is 0 Å². The first-order valence-electron chi connectivity index (χ1n) is 8.07. The molecule has 0 saturated heterocycles. The lowest BCUT2D eigenvalue weighted by Crippen LogP contribution is -2.40. The Labute approximate surface area is 133 Å². The molecule has 2 N–H and O–H groups in total. The Morgan fingerprint density at radius 3 is 2.77 bits per heavy atom. The summed E-state index contributed by atoms with van der Waals surface area (Å²) in [5.74, 6) is 0.979. The molecule has 0 radical (unpaired) electrons. The van der Waals surface area contributed by atoms with Gasteiger partial charge in [0.2, 0.25) is 0 Å². The largest absolute Gasteiger partial charge is 0.491 e. The number of hydrogen-bond acceptors (Lipinski definition) is 3. The molecule has 1 aliphatic carbocycles. The van der Waals surface area contributed by atoms with Gasteiger partial charge in [-0.2, -0.15) is 0 Å². The van der Waals surface area contributed by atoms with Crippen LogP contribution in [0, 0.1) is 0 Å². The number of carbonyl (C=O) groups is 1. The summed E-state index contributed by atoms with van der Waals surface area (Å²) in [5, 5.41) is 5.63. The molecule has 0 aromatic heterocycles. The lowest BCUT2D eigenvalue weighted by molar-refractivity contribution is 0.235. The molecule has 0 saturated carbocycles. The number of rotatable bonds is 7. The number of nitrogens with one attached hydrogen (secondary N) is 2. The van der Waals surface area contributed by atoms with E-state index in [0.717, 1.165) is 25.1 Å².